The van der Waals surface area contributed by atoms with Gasteiger partial charge in [0.25, 0.3) is 0 Å². The van der Waals surface area contributed by atoms with Gasteiger partial charge in [-0.25, -0.2) is 9.37 Å². The van der Waals surface area contributed by atoms with Gasteiger partial charge in [0.05, 0.1) is 10.4 Å². The minimum Gasteiger partial charge on any atom is -0.341 e. The zero-order valence-corrected chi connectivity index (χ0v) is 15.5. The van der Waals surface area contributed by atoms with E-state index in [1.807, 2.05) is 30.9 Å². The van der Waals surface area contributed by atoms with E-state index in [-0.39, 0.29) is 0 Å². The maximum Gasteiger partial charge on any atom is 0.152 e. The topological polar surface area (TPSA) is 41.1 Å². The molecule has 0 spiro atoms. The van der Waals surface area contributed by atoms with Gasteiger partial charge in [0, 0.05) is 36.6 Å². The highest BCUT2D eigenvalue weighted by Crippen LogP contribution is 2.33. The van der Waals surface area contributed by atoms with Crippen LogP contribution in [-0.2, 0) is 0 Å². The zero-order valence-electron chi connectivity index (χ0n) is 14.7. The molecule has 0 aliphatic carbocycles. The van der Waals surface area contributed by atoms with Crippen LogP contribution in [0.15, 0.2) is 54.4 Å². The van der Waals surface area contributed by atoms with Crippen molar-refractivity contribution in [3.63, 3.8) is 0 Å². The van der Waals surface area contributed by atoms with Gasteiger partial charge in [-0.1, -0.05) is 18.7 Å². The monoisotopic (exact) mass is 368 g/mol. The third-order valence-electron chi connectivity index (χ3n) is 5.04. The number of nitrogens with zero attached hydrogens (tertiary/aromatic N) is 3. The van der Waals surface area contributed by atoms with Crippen LogP contribution in [0.25, 0.3) is 21.2 Å². The molecule has 0 amide bonds. The number of nitrogens with one attached hydrogen (secondary N) is 1. The van der Waals surface area contributed by atoms with Crippen LogP contribution in [0.2, 0.25) is 0 Å². The van der Waals surface area contributed by atoms with Crippen molar-refractivity contribution < 1.29 is 4.39 Å². The molecule has 0 atom stereocenters. The van der Waals surface area contributed by atoms with Gasteiger partial charge < -0.3 is 10.2 Å². The molecular formula is C20H21FN4S. The number of halogens is 1. The summed E-state index contributed by atoms with van der Waals surface area (Å²) in [6.45, 7) is 5.43. The first kappa shape index (κ1) is 17.1. The van der Waals surface area contributed by atoms with E-state index in [0.29, 0.717) is 24.4 Å². The van der Waals surface area contributed by atoms with Gasteiger partial charge in [-0.3, -0.25) is 4.98 Å². The quantitative estimate of drug-likeness (QED) is 0.724. The molecular weight excluding hydrogens is 347 g/mol. The summed E-state index contributed by atoms with van der Waals surface area (Å²) in [4.78, 5) is 11.8. The fraction of sp³-hybridized carbons (Fsp3) is 0.300. The number of hydrogen-bond donors (Lipinski definition) is 1. The van der Waals surface area contributed by atoms with Crippen molar-refractivity contribution in [2.24, 2.45) is 0 Å². The SMILES string of the molecule is C=C(Nc1cc2cc(-c3cncs3)ccc2cn1)C1(F)CCN(C)CC1. The number of likely N-dealkylation sites (tertiary alicyclic amines) is 1. The van der Waals surface area contributed by atoms with Crippen molar-refractivity contribution >= 4 is 27.9 Å². The third kappa shape index (κ3) is 3.34. The maximum atomic E-state index is 15.2. The van der Waals surface area contributed by atoms with Crippen molar-refractivity contribution in [1.29, 1.82) is 0 Å². The lowest BCUT2D eigenvalue weighted by Crippen LogP contribution is -2.42. The standard InChI is InChI=1S/C20H21FN4S/c1-14(20(21)5-7-25(2)8-6-20)24-19-10-17-9-15(18-12-22-13-26-18)3-4-16(17)11-23-19/h3-4,9-13H,1,5-8H2,2H3,(H,23,24). The Morgan fingerprint density at radius 2 is 2.04 bits per heavy atom. The Labute approximate surface area is 156 Å². The highest BCUT2D eigenvalue weighted by molar-refractivity contribution is 7.13. The van der Waals surface area contributed by atoms with Crippen LogP contribution in [0, 0.1) is 0 Å². The van der Waals surface area contributed by atoms with Crippen molar-refractivity contribution in [1.82, 2.24) is 14.9 Å². The summed E-state index contributed by atoms with van der Waals surface area (Å²) in [5, 5.41) is 5.20. The van der Waals surface area contributed by atoms with Crippen LogP contribution >= 0.6 is 11.3 Å². The summed E-state index contributed by atoms with van der Waals surface area (Å²) < 4.78 is 15.2. The average molecular weight is 368 g/mol. The largest absolute Gasteiger partial charge is 0.341 e. The van der Waals surface area contributed by atoms with Gasteiger partial charge in [0.2, 0.25) is 0 Å². The average Bonchev–Trinajstić information content (AvgIpc) is 3.18. The Hall–Kier alpha value is -2.31. The number of rotatable bonds is 4. The predicted molar refractivity (Wildman–Crippen MR) is 106 cm³/mol. The van der Waals surface area contributed by atoms with Crippen LogP contribution in [0.3, 0.4) is 0 Å². The summed E-state index contributed by atoms with van der Waals surface area (Å²) in [5.41, 5.74) is 1.96. The molecule has 1 aliphatic rings. The van der Waals surface area contributed by atoms with Crippen molar-refractivity contribution in [3.8, 4) is 10.4 Å². The number of benzene rings is 1. The number of anilines is 1. The van der Waals surface area contributed by atoms with Crippen LogP contribution in [-0.4, -0.2) is 40.7 Å². The summed E-state index contributed by atoms with van der Waals surface area (Å²) in [6, 6.07) is 8.17. The molecule has 4 rings (SSSR count). The summed E-state index contributed by atoms with van der Waals surface area (Å²) in [7, 11) is 2.02. The van der Waals surface area contributed by atoms with Crippen LogP contribution in [0.5, 0.6) is 0 Å². The molecule has 3 aromatic rings. The van der Waals surface area contributed by atoms with Crippen LogP contribution < -0.4 is 5.32 Å². The molecule has 1 fully saturated rings. The number of piperidine rings is 1. The molecule has 1 aromatic carbocycles. The third-order valence-corrected chi connectivity index (χ3v) is 5.86. The summed E-state index contributed by atoms with van der Waals surface area (Å²) >= 11 is 1.61. The van der Waals surface area contributed by atoms with Crippen LogP contribution in [0.4, 0.5) is 10.2 Å². The molecule has 1 N–H and O–H groups in total. The fourth-order valence-corrected chi connectivity index (χ4v) is 3.88. The van der Waals surface area contributed by atoms with Gasteiger partial charge in [0.15, 0.2) is 5.67 Å². The Kier molecular flexibility index (Phi) is 4.46. The Balaban J connectivity index is 1.57. The van der Waals surface area contributed by atoms with Gasteiger partial charge in [0.1, 0.15) is 5.82 Å². The molecule has 134 valence electrons. The second-order valence-corrected chi connectivity index (χ2v) is 7.76. The molecule has 2 aromatic heterocycles. The molecule has 0 radical (unpaired) electrons. The first-order valence-corrected chi connectivity index (χ1v) is 9.54. The summed E-state index contributed by atoms with van der Waals surface area (Å²) in [5.74, 6) is 0.625. The van der Waals surface area contributed by atoms with E-state index >= 15 is 4.39 Å². The Bertz CT molecular complexity index is 930. The number of aromatic nitrogens is 2. The normalized spacial score (nSPS) is 17.3. The Morgan fingerprint density at radius 3 is 2.77 bits per heavy atom. The van der Waals surface area contributed by atoms with E-state index < -0.39 is 5.67 Å². The Morgan fingerprint density at radius 1 is 1.23 bits per heavy atom. The number of allylic oxidation sites excluding steroid dienone is 1. The lowest BCUT2D eigenvalue weighted by atomic mass is 9.90. The lowest BCUT2D eigenvalue weighted by Gasteiger charge is -2.35. The minimum absolute atomic E-state index is 0.399. The molecule has 1 saturated heterocycles. The van der Waals surface area contributed by atoms with E-state index in [4.69, 9.17) is 0 Å². The van der Waals surface area contributed by atoms with Crippen molar-refractivity contribution in [2.75, 3.05) is 25.5 Å². The number of pyridine rings is 1. The highest BCUT2D eigenvalue weighted by Gasteiger charge is 2.36. The van der Waals surface area contributed by atoms with Gasteiger partial charge in [-0.2, -0.15) is 0 Å². The number of alkyl halides is 1. The zero-order chi connectivity index (χ0) is 18.1. The van der Waals surface area contributed by atoms with E-state index in [0.717, 1.165) is 34.3 Å². The van der Waals surface area contributed by atoms with E-state index in [2.05, 4.69) is 38.9 Å². The molecule has 0 bridgehead atoms. The first-order valence-electron chi connectivity index (χ1n) is 8.66. The first-order chi connectivity index (χ1) is 12.5. The summed E-state index contributed by atoms with van der Waals surface area (Å²) in [6.07, 6.45) is 4.58. The van der Waals surface area contributed by atoms with Gasteiger partial charge >= 0.3 is 0 Å². The van der Waals surface area contributed by atoms with Crippen molar-refractivity contribution in [2.45, 2.75) is 18.5 Å². The highest BCUT2D eigenvalue weighted by atomic mass is 32.1. The number of thiazole rings is 1. The molecule has 0 saturated carbocycles. The second kappa shape index (κ2) is 6.78. The van der Waals surface area contributed by atoms with Crippen LogP contribution in [0.1, 0.15) is 12.8 Å². The van der Waals surface area contributed by atoms with E-state index in [9.17, 15) is 0 Å². The second-order valence-electron chi connectivity index (χ2n) is 6.87. The van der Waals surface area contributed by atoms with E-state index in [1.165, 1.54) is 0 Å². The van der Waals surface area contributed by atoms with Gasteiger partial charge in [-0.05, 0) is 43.0 Å². The lowest BCUT2D eigenvalue weighted by molar-refractivity contribution is 0.103. The molecule has 6 heteroatoms. The van der Waals surface area contributed by atoms with E-state index in [1.54, 1.807) is 17.5 Å². The molecule has 1 aliphatic heterocycles. The predicted octanol–water partition coefficient (Wildman–Crippen LogP) is 4.72. The number of hydrogen-bond acceptors (Lipinski definition) is 5. The fourth-order valence-electron chi connectivity index (χ4n) is 3.26. The maximum absolute atomic E-state index is 15.2. The van der Waals surface area contributed by atoms with Gasteiger partial charge in [-0.15, -0.1) is 11.3 Å². The molecule has 3 heterocycles. The minimum atomic E-state index is -1.38. The number of fused-ring (bicyclic) bond motifs is 1. The smallest absolute Gasteiger partial charge is 0.152 e. The molecule has 4 nitrogen and oxygen atoms in total. The molecule has 26 heavy (non-hydrogen) atoms. The van der Waals surface area contributed by atoms with Crippen molar-refractivity contribution in [3.05, 3.63) is 54.4 Å². The molecule has 0 unspecified atom stereocenters.